The van der Waals surface area contributed by atoms with Crippen LogP contribution in [0.4, 0.5) is 4.79 Å². The van der Waals surface area contributed by atoms with Gasteiger partial charge in [0.25, 0.3) is 0 Å². The van der Waals surface area contributed by atoms with Crippen molar-refractivity contribution in [2.45, 2.75) is 330 Å². The molecule has 0 aliphatic carbocycles. The maximum absolute atomic E-state index is 15.5. The molecule has 0 unspecified atom stereocenters. The Balaban J connectivity index is 2.04. The second-order valence-corrected chi connectivity index (χ2v) is 31.0. The van der Waals surface area contributed by atoms with E-state index >= 15 is 14.4 Å². The molecule has 1 aromatic rings. The lowest BCUT2D eigenvalue weighted by Crippen LogP contribution is -2.61. The van der Waals surface area contributed by atoms with Gasteiger partial charge in [-0.05, 0) is 205 Å². The number of alkyl carbamates (subject to hydrolysis) is 1. The highest BCUT2D eigenvalue weighted by atomic mass is 16.6. The minimum absolute atomic E-state index is 0.00449. The van der Waals surface area contributed by atoms with Crippen LogP contribution in [0.25, 0.3) is 0 Å². The van der Waals surface area contributed by atoms with Gasteiger partial charge in [-0.15, -0.1) is 0 Å². The van der Waals surface area contributed by atoms with Crippen LogP contribution in [0.2, 0.25) is 0 Å². The Kier molecular flexibility index (Phi) is 33.1. The fourth-order valence-electron chi connectivity index (χ4n) is 12.0. The average Bonchev–Trinajstić information content (AvgIpc) is 1.70. The minimum atomic E-state index is -1.38. The first-order chi connectivity index (χ1) is 43.1. The van der Waals surface area contributed by atoms with Crippen molar-refractivity contribution >= 4 is 47.5 Å². The monoisotopic (exact) mass is 1310 g/mol. The van der Waals surface area contributed by atoms with Crippen molar-refractivity contribution in [2.75, 3.05) is 26.2 Å². The summed E-state index contributed by atoms with van der Waals surface area (Å²) in [6, 6.07) is -0.450. The van der Waals surface area contributed by atoms with E-state index in [1.165, 1.54) is 35.5 Å². The number of hydrogen-bond donors (Lipinski definition) is 7. The van der Waals surface area contributed by atoms with Gasteiger partial charge in [0, 0.05) is 32.5 Å². The number of hydrogen-bond acceptors (Lipinski definition) is 14. The Morgan fingerprint density at radius 1 is 0.624 bits per heavy atom. The standard InChI is InChI=1S/C71H124N8O14/c1-20-46(2)43-47(3)29-25-23-21-22-24-26-32-57(80)74-52(30-27-40-72)61(82)77-58(48(4)89-67(5,6)7)64(85)79-45-51(91-69(11,12)13)44-55(79)62(83)75-53(38-35-49-33-36-50(37-34-49)90-68(8,9)10)60(81)76-54(31-28-41-73-66(88)93-71(17,18)19)63(84)78-42-39-56(59(78)65(86)87)92-70(14,15)16/h33-34,36-37,46-48,51-56,58-59H,20-32,35,38-45,72H2,1-19H3,(H,73,88)(H,74,80)(H,75,83)(H,76,81)(H,77,82)(H,86,87)/t46-,47+,48+,51+,52-,53-,54-,55-,56-,58-,59-/m0/s1. The molecule has 7 amide bonds. The number of nitrogens with two attached hydrogens (primary N) is 1. The Bertz CT molecular complexity index is 2510. The van der Waals surface area contributed by atoms with Gasteiger partial charge in [-0.1, -0.05) is 77.8 Å². The van der Waals surface area contributed by atoms with Crippen molar-refractivity contribution < 1.29 is 67.1 Å². The van der Waals surface area contributed by atoms with E-state index < -0.39 is 124 Å². The zero-order valence-electron chi connectivity index (χ0n) is 60.4. The number of likely N-dealkylation sites (tertiary alicyclic amines) is 2. The molecule has 22 nitrogen and oxygen atoms in total. The molecule has 2 heterocycles. The average molecular weight is 1310 g/mol. The third kappa shape index (κ3) is 31.7. The molecule has 0 saturated carbocycles. The summed E-state index contributed by atoms with van der Waals surface area (Å²) in [4.78, 5) is 117. The number of aryl methyl sites for hydroxylation is 1. The van der Waals surface area contributed by atoms with Crippen molar-refractivity contribution in [3.63, 3.8) is 0 Å². The van der Waals surface area contributed by atoms with Gasteiger partial charge in [0.05, 0.1) is 35.1 Å². The molecular weight excluding hydrogens is 1190 g/mol. The molecule has 0 radical (unpaired) electrons. The van der Waals surface area contributed by atoms with E-state index in [0.717, 1.165) is 37.2 Å². The smallest absolute Gasteiger partial charge is 0.407 e. The van der Waals surface area contributed by atoms with Gasteiger partial charge >= 0.3 is 12.1 Å². The number of carboxylic acid groups (broad SMARTS) is 1. The van der Waals surface area contributed by atoms with E-state index in [-0.39, 0.29) is 83.5 Å². The number of nitrogens with zero attached hydrogens (tertiary/aromatic N) is 2. The lowest BCUT2D eigenvalue weighted by Gasteiger charge is -2.35. The number of benzene rings is 1. The van der Waals surface area contributed by atoms with E-state index in [1.54, 1.807) is 48.5 Å². The molecule has 3 rings (SSSR count). The molecule has 0 spiro atoms. The Morgan fingerprint density at radius 3 is 1.78 bits per heavy atom. The van der Waals surface area contributed by atoms with Crippen LogP contribution >= 0.6 is 0 Å². The van der Waals surface area contributed by atoms with Crippen LogP contribution < -0.4 is 37.1 Å². The fourth-order valence-corrected chi connectivity index (χ4v) is 12.0. The zero-order valence-corrected chi connectivity index (χ0v) is 60.4. The van der Waals surface area contributed by atoms with Crippen molar-refractivity contribution in [3.05, 3.63) is 29.8 Å². The number of carbonyl (C=O) groups is 8. The van der Waals surface area contributed by atoms with E-state index in [2.05, 4.69) is 47.4 Å². The Labute approximate surface area is 557 Å². The predicted molar refractivity (Wildman–Crippen MR) is 362 cm³/mol. The first-order valence-corrected chi connectivity index (χ1v) is 34.6. The van der Waals surface area contributed by atoms with E-state index in [4.69, 9.17) is 29.4 Å². The molecule has 2 aliphatic heterocycles. The number of rotatable bonds is 37. The molecule has 0 bridgehead atoms. The number of amides is 7. The van der Waals surface area contributed by atoms with Crippen LogP contribution in [-0.2, 0) is 58.9 Å². The largest absolute Gasteiger partial charge is 0.488 e. The summed E-state index contributed by atoms with van der Waals surface area (Å²) in [5.41, 5.74) is 3.21. The van der Waals surface area contributed by atoms with Crippen LogP contribution in [0.5, 0.6) is 5.75 Å². The van der Waals surface area contributed by atoms with E-state index in [0.29, 0.717) is 24.5 Å². The van der Waals surface area contributed by atoms with Gasteiger partial charge in [0.15, 0.2) is 6.04 Å². The lowest BCUT2D eigenvalue weighted by atomic mass is 9.91. The summed E-state index contributed by atoms with van der Waals surface area (Å²) >= 11 is 0. The van der Waals surface area contributed by atoms with Crippen LogP contribution in [0, 0.1) is 11.8 Å². The lowest BCUT2D eigenvalue weighted by molar-refractivity contribution is -0.157. The number of aliphatic carboxylic acids is 1. The summed E-state index contributed by atoms with van der Waals surface area (Å²) in [5.74, 6) is -2.95. The Morgan fingerprint density at radius 2 is 1.22 bits per heavy atom. The molecule has 532 valence electrons. The highest BCUT2D eigenvalue weighted by Crippen LogP contribution is 2.30. The van der Waals surface area contributed by atoms with Gasteiger partial charge in [0.1, 0.15) is 47.2 Å². The zero-order chi connectivity index (χ0) is 70.2. The second-order valence-electron chi connectivity index (χ2n) is 31.0. The first kappa shape index (κ1) is 81.7. The molecular formula is C71H124N8O14. The van der Waals surface area contributed by atoms with E-state index in [1.807, 2.05) is 86.6 Å². The normalized spacial score (nSPS) is 19.5. The molecule has 93 heavy (non-hydrogen) atoms. The highest BCUT2D eigenvalue weighted by Gasteiger charge is 2.48. The molecule has 2 aliphatic rings. The van der Waals surface area contributed by atoms with Gasteiger partial charge in [-0.3, -0.25) is 28.8 Å². The Hall–Kier alpha value is -5.58. The quantitative estimate of drug-likeness (QED) is 0.0305. The summed E-state index contributed by atoms with van der Waals surface area (Å²) in [5, 5.41) is 25.0. The molecule has 2 saturated heterocycles. The number of carbonyl (C=O) groups excluding carboxylic acids is 7. The topological polar surface area (TPSA) is 296 Å². The van der Waals surface area contributed by atoms with Gasteiger partial charge in [-0.25, -0.2) is 9.59 Å². The highest BCUT2D eigenvalue weighted by molar-refractivity contribution is 5.97. The summed E-state index contributed by atoms with van der Waals surface area (Å²) in [6.07, 6.45) is 7.84. The summed E-state index contributed by atoms with van der Waals surface area (Å²) in [7, 11) is 0. The first-order valence-electron chi connectivity index (χ1n) is 34.6. The minimum Gasteiger partial charge on any atom is -0.488 e. The van der Waals surface area contributed by atoms with E-state index in [9.17, 15) is 29.1 Å². The molecule has 0 aromatic heterocycles. The van der Waals surface area contributed by atoms with Crippen molar-refractivity contribution in [2.24, 2.45) is 17.6 Å². The second kappa shape index (κ2) is 37.6. The summed E-state index contributed by atoms with van der Waals surface area (Å²) in [6.45, 7) is 36.1. The van der Waals surface area contributed by atoms with Gasteiger partial charge in [-0.2, -0.15) is 0 Å². The summed E-state index contributed by atoms with van der Waals surface area (Å²) < 4.78 is 30.5. The third-order valence-corrected chi connectivity index (χ3v) is 16.2. The molecule has 8 N–H and O–H groups in total. The van der Waals surface area contributed by atoms with Crippen molar-refractivity contribution in [3.8, 4) is 5.75 Å². The number of nitrogens with one attached hydrogen (secondary N) is 5. The maximum Gasteiger partial charge on any atom is 0.407 e. The SMILES string of the molecule is CC[C@H](C)C[C@H](C)CCCCCCCCC(=O)N[C@@H](CCCN)C(=O)N[C@H](C(=O)N1C[C@H](OC(C)(C)C)C[C@H]1C(=O)N[C@@H](CCc1ccc(OC(C)(C)C)cc1)C(=O)N[C@@H](CCCNC(=O)OC(C)(C)C)C(=O)N1CC[C@H](OC(C)(C)C)[C@H]1C(=O)O)[C@@H](C)OC(C)(C)C. The van der Waals surface area contributed by atoms with Crippen molar-refractivity contribution in [1.82, 2.24) is 36.4 Å². The fraction of sp³-hybridized carbons (Fsp3) is 0.803. The third-order valence-electron chi connectivity index (χ3n) is 16.2. The number of carboxylic acids is 1. The van der Waals surface area contributed by atoms with Crippen LogP contribution in [0.1, 0.15) is 246 Å². The molecule has 11 atom stereocenters. The number of ether oxygens (including phenoxy) is 5. The molecule has 1 aromatic carbocycles. The number of unbranched alkanes of at least 4 members (excludes halogenated alkanes) is 5. The van der Waals surface area contributed by atoms with Crippen LogP contribution in [0.3, 0.4) is 0 Å². The van der Waals surface area contributed by atoms with Gasteiger partial charge < -0.3 is 70.9 Å². The maximum atomic E-state index is 15.5. The van der Waals surface area contributed by atoms with Crippen LogP contribution in [0.15, 0.2) is 24.3 Å². The molecule has 2 fully saturated rings. The predicted octanol–water partition coefficient (Wildman–Crippen LogP) is 9.83. The van der Waals surface area contributed by atoms with Gasteiger partial charge in [0.2, 0.25) is 35.4 Å². The van der Waals surface area contributed by atoms with Crippen molar-refractivity contribution in [1.29, 1.82) is 0 Å². The molecule has 22 heteroatoms. The van der Waals surface area contributed by atoms with Crippen LogP contribution in [-0.4, -0.2) is 171 Å².